The average Bonchev–Trinajstić information content (AvgIpc) is 2.36. The van der Waals surface area contributed by atoms with Crippen LogP contribution in [0.4, 0.5) is 5.69 Å². The van der Waals surface area contributed by atoms with Crippen LogP contribution in [0.2, 0.25) is 0 Å². The molecule has 0 aliphatic rings. The molecule has 0 heterocycles. The number of rotatable bonds is 3. The zero-order valence-electron chi connectivity index (χ0n) is 11.1. The Bertz CT molecular complexity index is 585. The maximum absolute atomic E-state index is 12.0. The summed E-state index contributed by atoms with van der Waals surface area (Å²) in [7, 11) is 0. The number of ether oxygens (including phenoxy) is 1. The van der Waals surface area contributed by atoms with Crippen molar-refractivity contribution >= 4 is 11.7 Å². The van der Waals surface area contributed by atoms with Crippen molar-refractivity contribution < 1.29 is 9.53 Å². The Morgan fingerprint density at radius 2 is 1.89 bits per heavy atom. The molecule has 2 aromatic carbocycles. The molecule has 0 aliphatic heterocycles. The van der Waals surface area contributed by atoms with E-state index in [1.54, 1.807) is 12.1 Å². The molecule has 0 radical (unpaired) electrons. The van der Waals surface area contributed by atoms with Gasteiger partial charge in [0, 0.05) is 5.69 Å². The first kappa shape index (κ1) is 13.1. The van der Waals surface area contributed by atoms with Crippen LogP contribution in [-0.2, 0) is 11.3 Å². The lowest BCUT2D eigenvalue weighted by Crippen LogP contribution is -2.07. The van der Waals surface area contributed by atoms with Gasteiger partial charge in [-0.25, -0.2) is 4.79 Å². The zero-order chi connectivity index (χ0) is 13.8. The maximum Gasteiger partial charge on any atom is 0.338 e. The Hall–Kier alpha value is -2.29. The highest BCUT2D eigenvalue weighted by Crippen LogP contribution is 2.14. The smallest absolute Gasteiger partial charge is 0.338 e. The van der Waals surface area contributed by atoms with E-state index < -0.39 is 0 Å². The predicted molar refractivity (Wildman–Crippen MR) is 75.9 cm³/mol. The summed E-state index contributed by atoms with van der Waals surface area (Å²) in [6, 6.07) is 13.1. The monoisotopic (exact) mass is 255 g/mol. The van der Waals surface area contributed by atoms with Gasteiger partial charge in [-0.05, 0) is 48.7 Å². The van der Waals surface area contributed by atoms with Gasteiger partial charge in [-0.1, -0.05) is 24.3 Å². The highest BCUT2D eigenvalue weighted by atomic mass is 16.5. The Balaban J connectivity index is 2.08. The second-order valence-electron chi connectivity index (χ2n) is 4.63. The number of nitrogens with two attached hydrogens (primary N) is 1. The molecule has 2 aromatic rings. The maximum atomic E-state index is 12.0. The molecule has 3 nitrogen and oxygen atoms in total. The highest BCUT2D eigenvalue weighted by molar-refractivity contribution is 5.90. The molecule has 0 unspecified atom stereocenters. The number of carbonyl (C=O) groups is 1. The Morgan fingerprint density at radius 1 is 1.16 bits per heavy atom. The third-order valence-electron chi connectivity index (χ3n) is 2.96. The van der Waals surface area contributed by atoms with Gasteiger partial charge in [0.15, 0.2) is 0 Å². The second-order valence-corrected chi connectivity index (χ2v) is 4.63. The third kappa shape index (κ3) is 3.35. The van der Waals surface area contributed by atoms with Crippen LogP contribution in [0.3, 0.4) is 0 Å². The van der Waals surface area contributed by atoms with E-state index in [-0.39, 0.29) is 12.6 Å². The number of hydrogen-bond donors (Lipinski definition) is 1. The molecule has 0 saturated heterocycles. The number of nitrogen functional groups attached to an aromatic ring is 1. The number of anilines is 1. The van der Waals surface area contributed by atoms with E-state index in [2.05, 4.69) is 0 Å². The minimum atomic E-state index is -0.348. The van der Waals surface area contributed by atoms with Crippen molar-refractivity contribution in [3.63, 3.8) is 0 Å². The fraction of sp³-hybridized carbons (Fsp3) is 0.188. The molecule has 0 spiro atoms. The molecule has 0 fully saturated rings. The summed E-state index contributed by atoms with van der Waals surface area (Å²) in [5.74, 6) is -0.348. The normalized spacial score (nSPS) is 10.2. The van der Waals surface area contributed by atoms with Crippen molar-refractivity contribution in [2.75, 3.05) is 5.73 Å². The molecule has 3 heteroatoms. The molecule has 2 N–H and O–H groups in total. The van der Waals surface area contributed by atoms with Crippen LogP contribution in [0.25, 0.3) is 0 Å². The van der Waals surface area contributed by atoms with Gasteiger partial charge in [0.2, 0.25) is 0 Å². The summed E-state index contributed by atoms with van der Waals surface area (Å²) in [6.45, 7) is 4.17. The van der Waals surface area contributed by atoms with E-state index in [1.807, 2.05) is 44.2 Å². The Morgan fingerprint density at radius 3 is 2.58 bits per heavy atom. The fourth-order valence-electron chi connectivity index (χ4n) is 1.93. The molecule has 98 valence electrons. The minimum Gasteiger partial charge on any atom is -0.457 e. The van der Waals surface area contributed by atoms with E-state index in [0.717, 1.165) is 16.7 Å². The van der Waals surface area contributed by atoms with E-state index in [1.165, 1.54) is 0 Å². The molecule has 0 amide bonds. The van der Waals surface area contributed by atoms with Gasteiger partial charge in [-0.2, -0.15) is 0 Å². The fourth-order valence-corrected chi connectivity index (χ4v) is 1.93. The van der Waals surface area contributed by atoms with E-state index in [0.29, 0.717) is 11.3 Å². The number of benzene rings is 2. The highest BCUT2D eigenvalue weighted by Gasteiger charge is 2.09. The molecular formula is C16H17NO2. The number of aryl methyl sites for hydroxylation is 2. The summed E-state index contributed by atoms with van der Waals surface area (Å²) >= 11 is 0. The summed E-state index contributed by atoms with van der Waals surface area (Å²) in [6.07, 6.45) is 0. The lowest BCUT2D eigenvalue weighted by Gasteiger charge is -2.08. The van der Waals surface area contributed by atoms with Crippen LogP contribution in [0, 0.1) is 13.8 Å². The lowest BCUT2D eigenvalue weighted by atomic mass is 10.1. The SMILES string of the molecule is Cc1cc(N)cc(C(=O)OCc2ccccc2C)c1. The van der Waals surface area contributed by atoms with Crippen LogP contribution in [-0.4, -0.2) is 5.97 Å². The molecular weight excluding hydrogens is 238 g/mol. The standard InChI is InChI=1S/C16H17NO2/c1-11-7-14(9-15(17)8-11)16(18)19-10-13-6-4-3-5-12(13)2/h3-9H,10,17H2,1-2H3. The molecule has 0 atom stereocenters. The van der Waals surface area contributed by atoms with Crippen molar-refractivity contribution in [3.05, 3.63) is 64.7 Å². The zero-order valence-corrected chi connectivity index (χ0v) is 11.1. The largest absolute Gasteiger partial charge is 0.457 e. The first-order chi connectivity index (χ1) is 9.06. The minimum absolute atomic E-state index is 0.277. The molecule has 0 saturated carbocycles. The molecule has 2 rings (SSSR count). The van der Waals surface area contributed by atoms with Crippen molar-refractivity contribution in [1.29, 1.82) is 0 Å². The van der Waals surface area contributed by atoms with Gasteiger partial charge >= 0.3 is 5.97 Å². The van der Waals surface area contributed by atoms with Gasteiger partial charge < -0.3 is 10.5 Å². The summed E-state index contributed by atoms with van der Waals surface area (Å²) < 4.78 is 5.31. The van der Waals surface area contributed by atoms with Gasteiger partial charge in [0.1, 0.15) is 6.61 Å². The summed E-state index contributed by atoms with van der Waals surface area (Å²) in [5.41, 5.74) is 9.85. The van der Waals surface area contributed by atoms with Crippen molar-refractivity contribution in [2.45, 2.75) is 20.5 Å². The summed E-state index contributed by atoms with van der Waals surface area (Å²) in [4.78, 5) is 12.0. The van der Waals surface area contributed by atoms with Crippen LogP contribution < -0.4 is 5.73 Å². The molecule has 0 aromatic heterocycles. The lowest BCUT2D eigenvalue weighted by molar-refractivity contribution is 0.0472. The van der Waals surface area contributed by atoms with Crippen LogP contribution in [0.15, 0.2) is 42.5 Å². The van der Waals surface area contributed by atoms with Crippen molar-refractivity contribution in [1.82, 2.24) is 0 Å². The van der Waals surface area contributed by atoms with Gasteiger partial charge in [-0.15, -0.1) is 0 Å². The topological polar surface area (TPSA) is 52.3 Å². The van der Waals surface area contributed by atoms with Crippen molar-refractivity contribution in [2.24, 2.45) is 0 Å². The predicted octanol–water partition coefficient (Wildman–Crippen LogP) is 3.24. The third-order valence-corrected chi connectivity index (χ3v) is 2.96. The van der Waals surface area contributed by atoms with Gasteiger partial charge in [-0.3, -0.25) is 0 Å². The average molecular weight is 255 g/mol. The van der Waals surface area contributed by atoms with Gasteiger partial charge in [0.05, 0.1) is 5.56 Å². The molecule has 0 bridgehead atoms. The Kier molecular flexibility index (Phi) is 3.85. The van der Waals surface area contributed by atoms with E-state index >= 15 is 0 Å². The van der Waals surface area contributed by atoms with Crippen molar-refractivity contribution in [3.8, 4) is 0 Å². The quantitative estimate of drug-likeness (QED) is 0.676. The second kappa shape index (κ2) is 5.57. The Labute approximate surface area is 113 Å². The number of carbonyl (C=O) groups excluding carboxylic acids is 1. The van der Waals surface area contributed by atoms with E-state index in [9.17, 15) is 4.79 Å². The summed E-state index contributed by atoms with van der Waals surface area (Å²) in [5, 5.41) is 0. The molecule has 0 aliphatic carbocycles. The number of hydrogen-bond acceptors (Lipinski definition) is 3. The molecule has 19 heavy (non-hydrogen) atoms. The van der Waals surface area contributed by atoms with Crippen LogP contribution >= 0.6 is 0 Å². The first-order valence-corrected chi connectivity index (χ1v) is 6.15. The first-order valence-electron chi connectivity index (χ1n) is 6.15. The van der Waals surface area contributed by atoms with E-state index in [4.69, 9.17) is 10.5 Å². The van der Waals surface area contributed by atoms with Crippen LogP contribution in [0.5, 0.6) is 0 Å². The van der Waals surface area contributed by atoms with Gasteiger partial charge in [0.25, 0.3) is 0 Å². The van der Waals surface area contributed by atoms with Crippen LogP contribution in [0.1, 0.15) is 27.0 Å². The number of esters is 1.